The average Bonchev–Trinajstić information content (AvgIpc) is 2.04. The number of terminal acetylenes is 1. The first kappa shape index (κ1) is 10.9. The fourth-order valence-electron chi connectivity index (χ4n) is 1.65. The van der Waals surface area contributed by atoms with Crippen LogP contribution in [0, 0.1) is 18.3 Å². The number of hydrogen-bond acceptors (Lipinski definition) is 4. The summed E-state index contributed by atoms with van der Waals surface area (Å²) in [5.74, 6) is 2.71. The molecule has 74 valence electrons. The van der Waals surface area contributed by atoms with E-state index in [4.69, 9.17) is 12.2 Å². The highest BCUT2D eigenvalue weighted by Gasteiger charge is 2.26. The van der Waals surface area contributed by atoms with Crippen molar-refractivity contribution in [3.63, 3.8) is 0 Å². The zero-order valence-electron chi connectivity index (χ0n) is 7.83. The van der Waals surface area contributed by atoms with Crippen LogP contribution in [0.15, 0.2) is 0 Å². The molecule has 1 saturated heterocycles. The van der Waals surface area contributed by atoms with Crippen LogP contribution in [-0.2, 0) is 0 Å². The Bertz CT molecular complexity index is 200. The van der Waals surface area contributed by atoms with Crippen LogP contribution in [0.1, 0.15) is 13.3 Å². The van der Waals surface area contributed by atoms with E-state index in [0.717, 1.165) is 13.0 Å². The van der Waals surface area contributed by atoms with E-state index in [9.17, 15) is 0 Å². The predicted molar refractivity (Wildman–Crippen MR) is 58.3 cm³/mol. The van der Waals surface area contributed by atoms with Crippen molar-refractivity contribution in [1.82, 2.24) is 10.6 Å². The Hall–Kier alpha value is -0.210. The first-order chi connectivity index (χ1) is 6.15. The SMILES string of the molecule is C#CC(C(N)S)C1CCNC(C)N1. The zero-order valence-corrected chi connectivity index (χ0v) is 8.72. The summed E-state index contributed by atoms with van der Waals surface area (Å²) in [6, 6.07) is 0.286. The second kappa shape index (κ2) is 4.87. The summed E-state index contributed by atoms with van der Waals surface area (Å²) in [7, 11) is 0. The van der Waals surface area contributed by atoms with Crippen molar-refractivity contribution >= 4 is 12.6 Å². The molecule has 0 aromatic heterocycles. The molecule has 0 bridgehead atoms. The molecule has 4 unspecified atom stereocenters. The molecule has 0 aliphatic carbocycles. The van der Waals surface area contributed by atoms with E-state index in [2.05, 4.69) is 36.1 Å². The minimum absolute atomic E-state index is 0.00730. The Kier molecular flexibility index (Phi) is 4.07. The molecular weight excluding hydrogens is 182 g/mol. The Labute approximate surface area is 85.2 Å². The first-order valence-corrected chi connectivity index (χ1v) is 5.06. The molecule has 1 aliphatic rings. The molecule has 0 aromatic carbocycles. The Morgan fingerprint density at radius 3 is 2.85 bits per heavy atom. The van der Waals surface area contributed by atoms with Crippen LogP contribution in [0.4, 0.5) is 0 Å². The summed E-state index contributed by atoms with van der Waals surface area (Å²) in [4.78, 5) is 0. The van der Waals surface area contributed by atoms with Crippen molar-refractivity contribution in [1.29, 1.82) is 0 Å². The third-order valence-electron chi connectivity index (χ3n) is 2.36. The van der Waals surface area contributed by atoms with Crippen molar-refractivity contribution in [3.05, 3.63) is 0 Å². The monoisotopic (exact) mass is 199 g/mol. The average molecular weight is 199 g/mol. The molecule has 0 amide bonds. The maximum absolute atomic E-state index is 5.68. The van der Waals surface area contributed by atoms with Gasteiger partial charge in [-0.25, -0.2) is 0 Å². The summed E-state index contributed by atoms with van der Waals surface area (Å²) >= 11 is 4.19. The molecule has 13 heavy (non-hydrogen) atoms. The Balaban J connectivity index is 2.54. The number of rotatable bonds is 2. The lowest BCUT2D eigenvalue weighted by molar-refractivity contribution is 0.273. The van der Waals surface area contributed by atoms with Gasteiger partial charge in [0.25, 0.3) is 0 Å². The summed E-state index contributed by atoms with van der Waals surface area (Å²) in [5.41, 5.74) is 5.68. The van der Waals surface area contributed by atoms with Gasteiger partial charge in [-0.3, -0.25) is 5.32 Å². The van der Waals surface area contributed by atoms with Gasteiger partial charge in [0, 0.05) is 6.04 Å². The van der Waals surface area contributed by atoms with E-state index < -0.39 is 0 Å². The fourth-order valence-corrected chi connectivity index (χ4v) is 1.95. The van der Waals surface area contributed by atoms with Crippen LogP contribution >= 0.6 is 12.6 Å². The number of thiol groups is 1. The van der Waals surface area contributed by atoms with Crippen LogP contribution in [0.2, 0.25) is 0 Å². The molecule has 1 heterocycles. The van der Waals surface area contributed by atoms with Gasteiger partial charge in [-0.05, 0) is 19.9 Å². The topological polar surface area (TPSA) is 50.1 Å². The number of nitrogens with one attached hydrogen (secondary N) is 2. The molecule has 0 spiro atoms. The van der Waals surface area contributed by atoms with E-state index in [1.165, 1.54) is 0 Å². The normalized spacial score (nSPS) is 33.4. The minimum atomic E-state index is -0.243. The van der Waals surface area contributed by atoms with E-state index in [1.807, 2.05) is 0 Å². The van der Waals surface area contributed by atoms with E-state index in [0.29, 0.717) is 6.17 Å². The van der Waals surface area contributed by atoms with E-state index in [1.54, 1.807) is 0 Å². The summed E-state index contributed by atoms with van der Waals surface area (Å²) < 4.78 is 0. The largest absolute Gasteiger partial charge is 0.318 e. The quantitative estimate of drug-likeness (QED) is 0.282. The van der Waals surface area contributed by atoms with Gasteiger partial charge in [-0.2, -0.15) is 12.6 Å². The smallest absolute Gasteiger partial charge is 0.0632 e. The van der Waals surface area contributed by atoms with Crippen molar-refractivity contribution < 1.29 is 0 Å². The summed E-state index contributed by atoms with van der Waals surface area (Å²) in [6.07, 6.45) is 6.73. The van der Waals surface area contributed by atoms with Crippen LogP contribution in [0.5, 0.6) is 0 Å². The maximum atomic E-state index is 5.68. The standard InChI is InChI=1S/C9H17N3S/c1-3-7(9(10)13)8-4-5-11-6(2)12-8/h1,6-9,11-13H,4-5,10H2,2H3. The molecule has 4 atom stereocenters. The van der Waals surface area contributed by atoms with Crippen LogP contribution < -0.4 is 16.4 Å². The maximum Gasteiger partial charge on any atom is 0.0632 e. The molecule has 4 N–H and O–H groups in total. The molecule has 1 aliphatic heterocycles. The first-order valence-electron chi connectivity index (χ1n) is 4.54. The molecule has 3 nitrogen and oxygen atoms in total. The summed E-state index contributed by atoms with van der Waals surface area (Å²) in [5, 5.41) is 6.41. The molecule has 0 radical (unpaired) electrons. The minimum Gasteiger partial charge on any atom is -0.318 e. The van der Waals surface area contributed by atoms with Gasteiger partial charge in [-0.1, -0.05) is 5.92 Å². The molecule has 1 rings (SSSR count). The second-order valence-electron chi connectivity index (χ2n) is 3.42. The van der Waals surface area contributed by atoms with E-state index in [-0.39, 0.29) is 17.3 Å². The fraction of sp³-hybridized carbons (Fsp3) is 0.778. The predicted octanol–water partition coefficient (Wildman–Crippen LogP) is -0.252. The van der Waals surface area contributed by atoms with Crippen molar-refractivity contribution in [2.24, 2.45) is 11.7 Å². The van der Waals surface area contributed by atoms with Crippen LogP contribution in [-0.4, -0.2) is 24.1 Å². The third kappa shape index (κ3) is 2.89. The van der Waals surface area contributed by atoms with E-state index >= 15 is 0 Å². The van der Waals surface area contributed by atoms with Gasteiger partial charge >= 0.3 is 0 Å². The van der Waals surface area contributed by atoms with Crippen LogP contribution in [0.3, 0.4) is 0 Å². The molecular formula is C9H17N3S. The highest BCUT2D eigenvalue weighted by atomic mass is 32.1. The van der Waals surface area contributed by atoms with Gasteiger partial charge < -0.3 is 11.1 Å². The molecule has 0 aromatic rings. The number of hydrogen-bond donors (Lipinski definition) is 4. The van der Waals surface area contributed by atoms with Gasteiger partial charge in [-0.15, -0.1) is 6.42 Å². The molecule has 1 fully saturated rings. The molecule has 4 heteroatoms. The lowest BCUT2D eigenvalue weighted by Crippen LogP contribution is -2.56. The lowest BCUT2D eigenvalue weighted by atomic mass is 9.95. The van der Waals surface area contributed by atoms with Gasteiger partial charge in [0.05, 0.1) is 17.5 Å². The van der Waals surface area contributed by atoms with Crippen molar-refractivity contribution in [2.45, 2.75) is 30.9 Å². The second-order valence-corrected chi connectivity index (χ2v) is 4.02. The third-order valence-corrected chi connectivity index (χ3v) is 2.69. The van der Waals surface area contributed by atoms with Crippen LogP contribution in [0.25, 0.3) is 0 Å². The number of nitrogens with two attached hydrogens (primary N) is 1. The zero-order chi connectivity index (χ0) is 9.84. The van der Waals surface area contributed by atoms with Gasteiger partial charge in [0.15, 0.2) is 0 Å². The highest BCUT2D eigenvalue weighted by molar-refractivity contribution is 7.80. The highest BCUT2D eigenvalue weighted by Crippen LogP contribution is 2.15. The van der Waals surface area contributed by atoms with Gasteiger partial charge in [0.1, 0.15) is 0 Å². The Morgan fingerprint density at radius 2 is 2.38 bits per heavy atom. The van der Waals surface area contributed by atoms with Crippen molar-refractivity contribution in [2.75, 3.05) is 6.54 Å². The Morgan fingerprint density at radius 1 is 1.69 bits per heavy atom. The summed E-state index contributed by atoms with van der Waals surface area (Å²) in [6.45, 7) is 3.06. The lowest BCUT2D eigenvalue weighted by Gasteiger charge is -2.34. The van der Waals surface area contributed by atoms with Gasteiger partial charge in [0.2, 0.25) is 0 Å². The molecule has 0 saturated carbocycles. The van der Waals surface area contributed by atoms with Crippen molar-refractivity contribution in [3.8, 4) is 12.3 Å².